The van der Waals surface area contributed by atoms with Crippen molar-refractivity contribution in [2.24, 2.45) is 10.7 Å². The topological polar surface area (TPSA) is 102 Å². The van der Waals surface area contributed by atoms with E-state index in [9.17, 15) is 13.2 Å². The quantitative estimate of drug-likeness (QED) is 0.509. The fraction of sp³-hybridized carbons (Fsp3) is 0.714. The van der Waals surface area contributed by atoms with Gasteiger partial charge >= 0.3 is 0 Å². The number of carbonyl (C=O) groups is 1. The van der Waals surface area contributed by atoms with Gasteiger partial charge in [0.1, 0.15) is 0 Å². The zero-order valence-electron chi connectivity index (χ0n) is 7.49. The monoisotopic (exact) mass is 217 g/mol. The van der Waals surface area contributed by atoms with Gasteiger partial charge in [0.2, 0.25) is 0 Å². The standard InChI is InChI=1S/C7H11N3O3S/c8-6-9-5(11)7(10-6)2-1-3-14(12,13)4-7/h1-4H2,(H3,8,9,10,11). The minimum atomic E-state index is -3.15. The van der Waals surface area contributed by atoms with Gasteiger partial charge in [-0.15, -0.1) is 0 Å². The number of aliphatic imine (C=N–C) groups is 1. The molecule has 1 fully saturated rings. The number of amides is 1. The fourth-order valence-corrected chi connectivity index (χ4v) is 3.70. The van der Waals surface area contributed by atoms with E-state index in [-0.39, 0.29) is 17.5 Å². The first kappa shape index (κ1) is 9.45. The van der Waals surface area contributed by atoms with Crippen LogP contribution in [0, 0.1) is 0 Å². The molecule has 78 valence electrons. The van der Waals surface area contributed by atoms with E-state index >= 15 is 0 Å². The number of nitrogens with one attached hydrogen (secondary N) is 1. The van der Waals surface area contributed by atoms with Crippen LogP contribution in [0.1, 0.15) is 12.8 Å². The molecule has 1 unspecified atom stereocenters. The minimum absolute atomic E-state index is 0.0205. The SMILES string of the molecule is NC1=NC2(CCCS(=O)(=O)C2)C(=O)N1. The smallest absolute Gasteiger partial charge is 0.255 e. The molecular formula is C7H11N3O3S. The third-order valence-corrected chi connectivity index (χ3v) is 4.33. The summed E-state index contributed by atoms with van der Waals surface area (Å²) in [5, 5.41) is 2.34. The molecule has 2 aliphatic rings. The average Bonchev–Trinajstić information content (AvgIpc) is 2.24. The lowest BCUT2D eigenvalue weighted by Crippen LogP contribution is -2.48. The number of nitrogens with two attached hydrogens (primary N) is 1. The third kappa shape index (κ3) is 1.37. The van der Waals surface area contributed by atoms with E-state index in [0.717, 1.165) is 0 Å². The Morgan fingerprint density at radius 1 is 1.50 bits per heavy atom. The van der Waals surface area contributed by atoms with Gasteiger partial charge in [-0.1, -0.05) is 0 Å². The van der Waals surface area contributed by atoms with Gasteiger partial charge in [0.25, 0.3) is 5.91 Å². The van der Waals surface area contributed by atoms with Crippen LogP contribution in [0.3, 0.4) is 0 Å². The molecule has 0 aromatic carbocycles. The summed E-state index contributed by atoms with van der Waals surface area (Å²) in [6.07, 6.45) is 0.922. The van der Waals surface area contributed by atoms with Gasteiger partial charge in [-0.3, -0.25) is 10.1 Å². The van der Waals surface area contributed by atoms with Crippen molar-refractivity contribution in [1.29, 1.82) is 0 Å². The third-order valence-electron chi connectivity index (χ3n) is 2.50. The highest BCUT2D eigenvalue weighted by Gasteiger charge is 2.48. The Labute approximate surface area is 81.5 Å². The lowest BCUT2D eigenvalue weighted by Gasteiger charge is -2.26. The molecule has 2 rings (SSSR count). The molecule has 0 bridgehead atoms. The fourth-order valence-electron chi connectivity index (χ4n) is 1.90. The zero-order chi connectivity index (χ0) is 10.4. The van der Waals surface area contributed by atoms with E-state index in [1.807, 2.05) is 0 Å². The zero-order valence-corrected chi connectivity index (χ0v) is 8.30. The molecule has 14 heavy (non-hydrogen) atoms. The molecule has 1 spiro atoms. The van der Waals surface area contributed by atoms with Gasteiger partial charge in [0.15, 0.2) is 21.3 Å². The second kappa shape index (κ2) is 2.69. The van der Waals surface area contributed by atoms with Crippen molar-refractivity contribution in [3.8, 4) is 0 Å². The van der Waals surface area contributed by atoms with Crippen molar-refractivity contribution in [2.75, 3.05) is 11.5 Å². The highest BCUT2D eigenvalue weighted by atomic mass is 32.2. The molecule has 6 nitrogen and oxygen atoms in total. The Hall–Kier alpha value is -1.11. The van der Waals surface area contributed by atoms with E-state index in [1.165, 1.54) is 0 Å². The van der Waals surface area contributed by atoms with Crippen molar-refractivity contribution in [1.82, 2.24) is 5.32 Å². The van der Waals surface area contributed by atoms with Crippen LogP contribution < -0.4 is 11.1 Å². The number of nitrogens with zero attached hydrogens (tertiary/aromatic N) is 1. The Kier molecular flexibility index (Phi) is 1.82. The molecule has 0 aliphatic carbocycles. The lowest BCUT2D eigenvalue weighted by atomic mass is 9.96. The molecule has 0 aromatic rings. The molecule has 3 N–H and O–H groups in total. The predicted octanol–water partition coefficient (Wildman–Crippen LogP) is -1.62. The first-order valence-corrected chi connectivity index (χ1v) is 6.13. The summed E-state index contributed by atoms with van der Waals surface area (Å²) >= 11 is 0. The van der Waals surface area contributed by atoms with E-state index in [1.54, 1.807) is 0 Å². The van der Waals surface area contributed by atoms with Crippen LogP contribution >= 0.6 is 0 Å². The van der Waals surface area contributed by atoms with Crippen LogP contribution in [0.5, 0.6) is 0 Å². The average molecular weight is 217 g/mol. The maximum absolute atomic E-state index is 11.5. The number of hydrogen-bond acceptors (Lipinski definition) is 5. The second-order valence-corrected chi connectivity index (χ2v) is 5.86. The van der Waals surface area contributed by atoms with Crippen molar-refractivity contribution < 1.29 is 13.2 Å². The number of rotatable bonds is 0. The lowest BCUT2D eigenvalue weighted by molar-refractivity contribution is -0.123. The molecule has 2 aliphatic heterocycles. The second-order valence-electron chi connectivity index (χ2n) is 3.68. The van der Waals surface area contributed by atoms with Crippen LogP contribution in [0.25, 0.3) is 0 Å². The van der Waals surface area contributed by atoms with Crippen LogP contribution in [-0.2, 0) is 14.6 Å². The molecule has 1 atom stereocenters. The summed E-state index contributed by atoms with van der Waals surface area (Å²) in [5.41, 5.74) is 4.20. The number of hydrogen-bond donors (Lipinski definition) is 2. The van der Waals surface area contributed by atoms with Crippen LogP contribution in [0.2, 0.25) is 0 Å². The van der Waals surface area contributed by atoms with Crippen LogP contribution in [0.4, 0.5) is 0 Å². The van der Waals surface area contributed by atoms with Gasteiger partial charge in [0.05, 0.1) is 11.5 Å². The van der Waals surface area contributed by atoms with Crippen molar-refractivity contribution in [3.63, 3.8) is 0 Å². The van der Waals surface area contributed by atoms with Gasteiger partial charge in [-0.25, -0.2) is 13.4 Å². The van der Waals surface area contributed by atoms with E-state index in [4.69, 9.17) is 5.73 Å². The highest BCUT2D eigenvalue weighted by Crippen LogP contribution is 2.29. The summed E-state index contributed by atoms with van der Waals surface area (Å²) in [6.45, 7) is 0. The number of sulfone groups is 1. The molecule has 1 saturated heterocycles. The van der Waals surface area contributed by atoms with Gasteiger partial charge in [-0.05, 0) is 12.8 Å². The summed E-state index contributed by atoms with van der Waals surface area (Å²) in [6, 6.07) is 0. The summed E-state index contributed by atoms with van der Waals surface area (Å²) < 4.78 is 22.7. The first-order chi connectivity index (χ1) is 6.44. The predicted molar refractivity (Wildman–Crippen MR) is 50.4 cm³/mol. The largest absolute Gasteiger partial charge is 0.370 e. The molecule has 2 heterocycles. The van der Waals surface area contributed by atoms with Crippen LogP contribution in [-0.4, -0.2) is 37.3 Å². The maximum atomic E-state index is 11.5. The molecule has 7 heteroatoms. The molecule has 0 aromatic heterocycles. The van der Waals surface area contributed by atoms with Gasteiger partial charge in [-0.2, -0.15) is 0 Å². The minimum Gasteiger partial charge on any atom is -0.370 e. The van der Waals surface area contributed by atoms with Crippen molar-refractivity contribution in [2.45, 2.75) is 18.4 Å². The van der Waals surface area contributed by atoms with Crippen molar-refractivity contribution in [3.05, 3.63) is 0 Å². The van der Waals surface area contributed by atoms with Crippen LogP contribution in [0.15, 0.2) is 4.99 Å². The Morgan fingerprint density at radius 2 is 2.21 bits per heavy atom. The Morgan fingerprint density at radius 3 is 2.71 bits per heavy atom. The maximum Gasteiger partial charge on any atom is 0.255 e. The summed E-state index contributed by atoms with van der Waals surface area (Å²) in [4.78, 5) is 15.4. The highest BCUT2D eigenvalue weighted by molar-refractivity contribution is 7.91. The first-order valence-electron chi connectivity index (χ1n) is 4.31. The van der Waals surface area contributed by atoms with Gasteiger partial charge in [0, 0.05) is 0 Å². The molecular weight excluding hydrogens is 206 g/mol. The number of guanidine groups is 1. The molecule has 0 radical (unpaired) electrons. The number of carbonyl (C=O) groups excluding carboxylic acids is 1. The van der Waals surface area contributed by atoms with E-state index < -0.39 is 21.3 Å². The Bertz CT molecular complexity index is 414. The summed E-state index contributed by atoms with van der Waals surface area (Å²) in [7, 11) is -3.15. The van der Waals surface area contributed by atoms with E-state index in [0.29, 0.717) is 12.8 Å². The van der Waals surface area contributed by atoms with E-state index in [2.05, 4.69) is 10.3 Å². The van der Waals surface area contributed by atoms with Crippen molar-refractivity contribution >= 4 is 21.7 Å². The Balaban J connectivity index is 2.37. The molecule has 1 amide bonds. The van der Waals surface area contributed by atoms with Gasteiger partial charge < -0.3 is 5.73 Å². The molecule has 0 saturated carbocycles. The summed E-state index contributed by atoms with van der Waals surface area (Å²) in [5.74, 6) is -0.449. The normalized spacial score (nSPS) is 35.4.